The first-order chi connectivity index (χ1) is 13.0. The Labute approximate surface area is 154 Å². The van der Waals surface area contributed by atoms with Crippen LogP contribution in [0, 0.1) is 10.8 Å². The smallest absolute Gasteiger partial charge is 0.327 e. The van der Waals surface area contributed by atoms with Crippen LogP contribution < -0.4 is 10.7 Å². The van der Waals surface area contributed by atoms with Gasteiger partial charge in [0, 0.05) is 11.5 Å². The predicted octanol–water partition coefficient (Wildman–Crippen LogP) is 4.39. The van der Waals surface area contributed by atoms with Crippen molar-refractivity contribution in [2.45, 2.75) is 0 Å². The third-order valence-corrected chi connectivity index (χ3v) is 4.80. The van der Waals surface area contributed by atoms with E-state index in [1.807, 2.05) is 18.2 Å². The molecule has 0 amide bonds. The lowest BCUT2D eigenvalue weighted by molar-refractivity contribution is -0.131. The molecule has 0 bridgehead atoms. The summed E-state index contributed by atoms with van der Waals surface area (Å²) in [6, 6.07) is 20.6. The van der Waals surface area contributed by atoms with E-state index in [-0.39, 0.29) is 5.36 Å². The van der Waals surface area contributed by atoms with Gasteiger partial charge in [0.2, 0.25) is 0 Å². The number of nitrogens with one attached hydrogen (secondary N) is 2. The number of benzene rings is 5. The summed E-state index contributed by atoms with van der Waals surface area (Å²) in [5, 5.41) is 33.7. The fourth-order valence-electron chi connectivity index (χ4n) is 3.72. The second kappa shape index (κ2) is 6.18. The topological polar surface area (TPSA) is 85.0 Å². The maximum absolute atomic E-state index is 9.25. The first-order valence-electron chi connectivity index (χ1n) is 8.43. The minimum absolute atomic E-state index is 0.288. The molecule has 0 fully saturated rings. The van der Waals surface area contributed by atoms with E-state index >= 15 is 0 Å². The quantitative estimate of drug-likeness (QED) is 0.237. The van der Waals surface area contributed by atoms with Crippen LogP contribution in [0.4, 0.5) is 0 Å². The standard InChI is InChI=1S/C20H12N2.C3H4O2/c21-16-10-12-6-3-8-14-13-7-1-4-11-5-2-9-15(17(11)13)19(18(12)14)20(16)22;1-2-3(4)5/h1-10,21-22H;2H,1H2,(H,4,5). The number of carboxylic acid groups (broad SMARTS) is 1. The number of carbonyl (C=O) groups is 1. The number of hydrogen-bond acceptors (Lipinski definition) is 3. The molecule has 5 aromatic carbocycles. The molecule has 0 aromatic heterocycles. The summed E-state index contributed by atoms with van der Waals surface area (Å²) < 4.78 is 0. The Hall–Kier alpha value is -3.79. The molecule has 0 aliphatic rings. The van der Waals surface area contributed by atoms with Crippen molar-refractivity contribution in [3.63, 3.8) is 0 Å². The van der Waals surface area contributed by atoms with E-state index in [2.05, 4.69) is 43.0 Å². The molecule has 0 radical (unpaired) electrons. The van der Waals surface area contributed by atoms with Crippen LogP contribution in [0.3, 0.4) is 0 Å². The molecule has 0 aliphatic heterocycles. The highest BCUT2D eigenvalue weighted by Crippen LogP contribution is 2.37. The number of hydrogen-bond donors (Lipinski definition) is 3. The van der Waals surface area contributed by atoms with Gasteiger partial charge >= 0.3 is 5.97 Å². The van der Waals surface area contributed by atoms with Crippen molar-refractivity contribution in [2.75, 3.05) is 0 Å². The van der Waals surface area contributed by atoms with Crippen LogP contribution in [0.2, 0.25) is 0 Å². The van der Waals surface area contributed by atoms with Gasteiger partial charge in [0.25, 0.3) is 0 Å². The van der Waals surface area contributed by atoms with Crippen molar-refractivity contribution in [1.29, 1.82) is 10.8 Å². The van der Waals surface area contributed by atoms with Crippen LogP contribution in [0.5, 0.6) is 0 Å². The number of carboxylic acids is 1. The van der Waals surface area contributed by atoms with E-state index in [1.165, 1.54) is 21.5 Å². The van der Waals surface area contributed by atoms with Crippen molar-refractivity contribution >= 4 is 49.1 Å². The molecule has 0 saturated heterocycles. The zero-order valence-electron chi connectivity index (χ0n) is 14.4. The van der Waals surface area contributed by atoms with Gasteiger partial charge < -0.3 is 5.11 Å². The summed E-state index contributed by atoms with van der Waals surface area (Å²) in [7, 11) is 0. The lowest BCUT2D eigenvalue weighted by Crippen LogP contribution is -2.23. The molecule has 0 spiro atoms. The average molecular weight is 352 g/mol. The summed E-state index contributed by atoms with van der Waals surface area (Å²) in [5.74, 6) is -0.981. The summed E-state index contributed by atoms with van der Waals surface area (Å²) in [6.45, 7) is 2.96. The predicted molar refractivity (Wildman–Crippen MR) is 108 cm³/mol. The number of fused-ring (bicyclic) bond motifs is 2. The largest absolute Gasteiger partial charge is 0.478 e. The Morgan fingerprint density at radius 2 is 1.33 bits per heavy atom. The SMILES string of the molecule is C=CC(=O)O.N=c1cc2cccc3c4cccc5cccc(c(c1=N)c23)c54. The highest BCUT2D eigenvalue weighted by molar-refractivity contribution is 6.32. The normalized spacial score (nSPS) is 11.0. The molecule has 3 N–H and O–H groups in total. The Morgan fingerprint density at radius 3 is 1.93 bits per heavy atom. The maximum atomic E-state index is 9.25. The first kappa shape index (κ1) is 16.7. The molecule has 0 aliphatic carbocycles. The second-order valence-electron chi connectivity index (χ2n) is 6.33. The molecule has 0 unspecified atom stereocenters. The minimum atomic E-state index is -0.981. The molecular formula is C23H16N2O2. The van der Waals surface area contributed by atoms with E-state index in [1.54, 1.807) is 6.07 Å². The summed E-state index contributed by atoms with van der Waals surface area (Å²) >= 11 is 0. The van der Waals surface area contributed by atoms with Crippen molar-refractivity contribution < 1.29 is 9.90 Å². The fraction of sp³-hybridized carbons (Fsp3) is 0. The van der Waals surface area contributed by atoms with Crippen LogP contribution in [0.1, 0.15) is 0 Å². The molecule has 27 heavy (non-hydrogen) atoms. The minimum Gasteiger partial charge on any atom is -0.478 e. The van der Waals surface area contributed by atoms with Crippen LogP contribution in [0.25, 0.3) is 43.1 Å². The van der Waals surface area contributed by atoms with E-state index < -0.39 is 5.97 Å². The third-order valence-electron chi connectivity index (χ3n) is 4.80. The second-order valence-corrected chi connectivity index (χ2v) is 6.33. The van der Waals surface area contributed by atoms with E-state index in [0.29, 0.717) is 5.36 Å². The monoisotopic (exact) mass is 352 g/mol. The highest BCUT2D eigenvalue weighted by Gasteiger charge is 2.13. The molecule has 5 aromatic rings. The maximum Gasteiger partial charge on any atom is 0.327 e. The van der Waals surface area contributed by atoms with Gasteiger partial charge in [-0.05, 0) is 43.8 Å². The molecule has 130 valence electrons. The number of rotatable bonds is 1. The molecule has 0 heterocycles. The summed E-state index contributed by atoms with van der Waals surface area (Å²) in [5.41, 5.74) is 0. The molecule has 5 rings (SSSR count). The average Bonchev–Trinajstić information content (AvgIpc) is 2.68. The summed E-state index contributed by atoms with van der Waals surface area (Å²) in [4.78, 5) is 9.25. The van der Waals surface area contributed by atoms with Gasteiger partial charge in [-0.2, -0.15) is 0 Å². The molecule has 4 nitrogen and oxygen atoms in total. The highest BCUT2D eigenvalue weighted by atomic mass is 16.4. The Bertz CT molecular complexity index is 1450. The van der Waals surface area contributed by atoms with Gasteiger partial charge in [-0.1, -0.05) is 61.2 Å². The van der Waals surface area contributed by atoms with Gasteiger partial charge in [-0.3, -0.25) is 10.8 Å². The van der Waals surface area contributed by atoms with Crippen molar-refractivity contribution in [3.05, 3.63) is 84.0 Å². The van der Waals surface area contributed by atoms with Crippen LogP contribution in [-0.2, 0) is 4.79 Å². The van der Waals surface area contributed by atoms with Gasteiger partial charge in [0.15, 0.2) is 0 Å². The zero-order chi connectivity index (χ0) is 19.1. The zero-order valence-corrected chi connectivity index (χ0v) is 14.4. The third kappa shape index (κ3) is 2.50. The fourth-order valence-corrected chi connectivity index (χ4v) is 3.72. The van der Waals surface area contributed by atoms with Crippen molar-refractivity contribution in [2.24, 2.45) is 0 Å². The molecular weight excluding hydrogens is 336 g/mol. The van der Waals surface area contributed by atoms with Gasteiger partial charge in [0.1, 0.15) is 0 Å². The summed E-state index contributed by atoms with van der Waals surface area (Å²) in [6.07, 6.45) is 0.833. The van der Waals surface area contributed by atoms with E-state index in [0.717, 1.165) is 27.6 Å². The molecule has 0 atom stereocenters. The molecule has 0 saturated carbocycles. The van der Waals surface area contributed by atoms with Crippen LogP contribution >= 0.6 is 0 Å². The Balaban J connectivity index is 0.000000323. The van der Waals surface area contributed by atoms with Crippen molar-refractivity contribution in [3.8, 4) is 0 Å². The van der Waals surface area contributed by atoms with E-state index in [9.17, 15) is 4.79 Å². The van der Waals surface area contributed by atoms with Gasteiger partial charge in [0.05, 0.1) is 10.7 Å². The lowest BCUT2D eigenvalue weighted by atomic mass is 9.89. The van der Waals surface area contributed by atoms with Crippen LogP contribution in [-0.4, -0.2) is 11.1 Å². The van der Waals surface area contributed by atoms with Crippen molar-refractivity contribution in [1.82, 2.24) is 0 Å². The Morgan fingerprint density at radius 1 is 0.815 bits per heavy atom. The number of aliphatic carboxylic acids is 1. The van der Waals surface area contributed by atoms with Gasteiger partial charge in [-0.15, -0.1) is 0 Å². The lowest BCUT2D eigenvalue weighted by Gasteiger charge is -2.13. The van der Waals surface area contributed by atoms with Crippen LogP contribution in [0.15, 0.2) is 73.3 Å². The van der Waals surface area contributed by atoms with Gasteiger partial charge in [-0.25, -0.2) is 4.79 Å². The Kier molecular flexibility index (Phi) is 3.81. The van der Waals surface area contributed by atoms with E-state index in [4.69, 9.17) is 15.9 Å². The molecule has 4 heteroatoms. The first-order valence-corrected chi connectivity index (χ1v) is 8.43.